The smallest absolute Gasteiger partial charge is 0.275 e. The van der Waals surface area contributed by atoms with Crippen LogP contribution in [0.25, 0.3) is 0 Å². The Balaban J connectivity index is 1.33. The number of nitrogens with two attached hydrogens (primary N) is 1. The molecule has 13 heteroatoms. The molecule has 0 saturated carbocycles. The molecule has 1 unspecified atom stereocenters. The number of nitrogen functional groups attached to an aromatic ring is 1. The third-order valence-corrected chi connectivity index (χ3v) is 6.93. The molecular formula is C26H27F3N8O2. The third-order valence-electron chi connectivity index (χ3n) is 6.93. The van der Waals surface area contributed by atoms with Crippen LogP contribution in [0.4, 0.5) is 30.5 Å². The lowest BCUT2D eigenvalue weighted by Gasteiger charge is -2.28. The highest BCUT2D eigenvalue weighted by Crippen LogP contribution is 2.37. The minimum Gasteiger partial charge on any atom is -0.388 e. The monoisotopic (exact) mass is 540 g/mol. The Hall–Kier alpha value is -4.26. The molecule has 1 amide bonds. The van der Waals surface area contributed by atoms with E-state index in [1.165, 1.54) is 29.6 Å². The molecule has 4 heterocycles. The largest absolute Gasteiger partial charge is 0.388 e. The normalized spacial score (nSPS) is 22.8. The number of halogens is 3. The Morgan fingerprint density at radius 3 is 2.69 bits per heavy atom. The van der Waals surface area contributed by atoms with E-state index in [4.69, 9.17) is 11.1 Å². The number of likely N-dealkylation sites (tertiary alicyclic amines) is 1. The van der Waals surface area contributed by atoms with Crippen LogP contribution in [0.2, 0.25) is 0 Å². The molecule has 2 fully saturated rings. The Bertz CT molecular complexity index is 1420. The van der Waals surface area contributed by atoms with Crippen LogP contribution in [0.1, 0.15) is 47.4 Å². The molecule has 39 heavy (non-hydrogen) atoms. The first-order valence-corrected chi connectivity index (χ1v) is 12.3. The summed E-state index contributed by atoms with van der Waals surface area (Å²) in [4.78, 5) is 28.5. The van der Waals surface area contributed by atoms with Crippen molar-refractivity contribution in [1.29, 1.82) is 5.41 Å². The molecule has 2 aliphatic heterocycles. The molecule has 5 N–H and O–H groups in total. The van der Waals surface area contributed by atoms with E-state index < -0.39 is 35.4 Å². The van der Waals surface area contributed by atoms with Gasteiger partial charge in [0.2, 0.25) is 0 Å². The number of nitrogens with one attached hydrogen (secondary N) is 2. The summed E-state index contributed by atoms with van der Waals surface area (Å²) in [6.07, 6.45) is 3.16. The number of amides is 1. The predicted octanol–water partition coefficient (Wildman–Crippen LogP) is 3.06. The van der Waals surface area contributed by atoms with Crippen molar-refractivity contribution in [3.8, 4) is 0 Å². The number of benzene rings is 1. The van der Waals surface area contributed by atoms with Crippen LogP contribution in [-0.2, 0) is 0 Å². The summed E-state index contributed by atoms with van der Waals surface area (Å²) in [5.41, 5.74) is 5.45. The summed E-state index contributed by atoms with van der Waals surface area (Å²) in [5.74, 6) is -1.72. The number of alkyl halides is 1. The summed E-state index contributed by atoms with van der Waals surface area (Å²) in [7, 11) is 0. The van der Waals surface area contributed by atoms with Crippen LogP contribution in [0, 0.1) is 17.0 Å². The molecule has 3 aromatic rings. The molecule has 2 aromatic heterocycles. The maximum absolute atomic E-state index is 14.5. The first-order chi connectivity index (χ1) is 18.5. The fourth-order valence-corrected chi connectivity index (χ4v) is 4.92. The number of rotatable bonds is 5. The average molecular weight is 541 g/mol. The topological polar surface area (TPSA) is 144 Å². The van der Waals surface area contributed by atoms with Crippen molar-refractivity contribution in [2.24, 2.45) is 0 Å². The lowest BCUT2D eigenvalue weighted by atomic mass is 10.0. The van der Waals surface area contributed by atoms with E-state index in [0.29, 0.717) is 25.3 Å². The number of carbonyl (C=O) groups is 1. The quantitative estimate of drug-likeness (QED) is 0.286. The van der Waals surface area contributed by atoms with Gasteiger partial charge in [0, 0.05) is 25.1 Å². The second kappa shape index (κ2) is 10.1. The van der Waals surface area contributed by atoms with Crippen LogP contribution in [-0.4, -0.2) is 68.1 Å². The number of aliphatic hydroxyl groups is 1. The maximum Gasteiger partial charge on any atom is 0.275 e. The van der Waals surface area contributed by atoms with Gasteiger partial charge in [0.25, 0.3) is 5.91 Å². The summed E-state index contributed by atoms with van der Waals surface area (Å²) in [5, 5.41) is 21.5. The van der Waals surface area contributed by atoms with E-state index in [-0.39, 0.29) is 47.1 Å². The van der Waals surface area contributed by atoms with Gasteiger partial charge in [-0.05, 0) is 37.6 Å². The van der Waals surface area contributed by atoms with E-state index in [1.807, 2.05) is 4.90 Å². The van der Waals surface area contributed by atoms with Gasteiger partial charge in [0.15, 0.2) is 0 Å². The molecule has 3 atom stereocenters. The van der Waals surface area contributed by atoms with Gasteiger partial charge in [-0.1, -0.05) is 0 Å². The number of hydrogen-bond donors (Lipinski definition) is 4. The van der Waals surface area contributed by atoms with Crippen LogP contribution in [0.15, 0.2) is 42.9 Å². The van der Waals surface area contributed by atoms with Gasteiger partial charge in [0.05, 0.1) is 48.0 Å². The lowest BCUT2D eigenvalue weighted by molar-refractivity contribution is 0.0838. The summed E-state index contributed by atoms with van der Waals surface area (Å²) in [6.45, 7) is 2.55. The molecule has 2 aliphatic rings. The minimum atomic E-state index is -1.37. The Labute approximate surface area is 222 Å². The second-order valence-corrected chi connectivity index (χ2v) is 10.1. The molecule has 5 rings (SSSR count). The first-order valence-electron chi connectivity index (χ1n) is 12.3. The third kappa shape index (κ3) is 5.48. The molecule has 0 bridgehead atoms. The van der Waals surface area contributed by atoms with Crippen molar-refractivity contribution in [1.82, 2.24) is 19.9 Å². The summed E-state index contributed by atoms with van der Waals surface area (Å²) >= 11 is 0. The molecule has 10 nitrogen and oxygen atoms in total. The Morgan fingerprint density at radius 1 is 1.21 bits per heavy atom. The lowest BCUT2D eigenvalue weighted by Crippen LogP contribution is -2.32. The first kappa shape index (κ1) is 26.4. The summed E-state index contributed by atoms with van der Waals surface area (Å²) < 4.78 is 42.8. The van der Waals surface area contributed by atoms with Crippen molar-refractivity contribution in [2.75, 3.05) is 35.6 Å². The van der Waals surface area contributed by atoms with Crippen molar-refractivity contribution < 1.29 is 23.1 Å². The van der Waals surface area contributed by atoms with Crippen molar-refractivity contribution in [2.45, 2.75) is 37.6 Å². The minimum absolute atomic E-state index is 0.0274. The molecule has 1 aromatic carbocycles. The van der Waals surface area contributed by atoms with E-state index in [9.17, 15) is 23.1 Å². The molecule has 0 radical (unpaired) electrons. The molecule has 204 valence electrons. The Morgan fingerprint density at radius 2 is 2.00 bits per heavy atom. The van der Waals surface area contributed by atoms with Crippen LogP contribution >= 0.6 is 0 Å². The molecule has 0 spiro atoms. The highest BCUT2D eigenvalue weighted by molar-refractivity contribution is 6.05. The number of aromatic nitrogens is 3. The van der Waals surface area contributed by atoms with Gasteiger partial charge >= 0.3 is 0 Å². The van der Waals surface area contributed by atoms with E-state index >= 15 is 0 Å². The van der Waals surface area contributed by atoms with Gasteiger partial charge in [-0.25, -0.2) is 28.1 Å². The maximum atomic E-state index is 14.5. The zero-order chi connectivity index (χ0) is 27.9. The number of carbonyl (C=O) groups excluding carboxylic acids is 1. The molecule has 0 aliphatic carbocycles. The van der Waals surface area contributed by atoms with Crippen LogP contribution < -0.4 is 16.0 Å². The van der Waals surface area contributed by atoms with Gasteiger partial charge < -0.3 is 26.0 Å². The molecular weight excluding hydrogens is 513 g/mol. The van der Waals surface area contributed by atoms with E-state index in [2.05, 4.69) is 20.3 Å². The number of β-amino-alcohol motifs (C(OH)–C–C–N with tert-alkyl or cyclic N) is 1. The number of amidine groups is 1. The van der Waals surface area contributed by atoms with Gasteiger partial charge in [-0.3, -0.25) is 10.2 Å². The number of pyridine rings is 1. The zero-order valence-corrected chi connectivity index (χ0v) is 21.0. The fraction of sp³-hybridized carbons (Fsp3) is 0.346. The van der Waals surface area contributed by atoms with Gasteiger partial charge in [-0.15, -0.1) is 0 Å². The summed E-state index contributed by atoms with van der Waals surface area (Å²) in [6, 6.07) is 3.41. The van der Waals surface area contributed by atoms with E-state index in [0.717, 1.165) is 18.2 Å². The van der Waals surface area contributed by atoms with E-state index in [1.54, 1.807) is 6.92 Å². The van der Waals surface area contributed by atoms with Crippen molar-refractivity contribution >= 4 is 29.1 Å². The standard InChI is InChI=1S/C26H27F3N8O2/c1-26(39)4-5-36(13-26)22-11-32-20(10-33-22)25(38)35-16-8-18(23(30)34-9-16)24(31)37-12-15(28)7-21(37)17-6-14(27)2-3-19(17)29/h2-3,6,8-11,15,21,31,39H,4-5,7,12-13H2,1H3,(H2,30,34)(H,35,38)/t15-,21+,26?/m0/s1. The predicted molar refractivity (Wildman–Crippen MR) is 138 cm³/mol. The highest BCUT2D eigenvalue weighted by atomic mass is 19.1. The Kier molecular flexibility index (Phi) is 6.85. The van der Waals surface area contributed by atoms with Gasteiger partial charge in [0.1, 0.15) is 41.0 Å². The molecule has 2 saturated heterocycles. The van der Waals surface area contributed by atoms with Gasteiger partial charge in [-0.2, -0.15) is 0 Å². The SMILES string of the molecule is CC1(O)CCN(c2cnc(C(=O)Nc3cnc(N)c(C(=N)N4C[C@@H](F)C[C@@H]4c4cc(F)ccc4F)c3)cn2)C1. The highest BCUT2D eigenvalue weighted by Gasteiger charge is 2.37. The number of hydrogen-bond acceptors (Lipinski definition) is 8. The average Bonchev–Trinajstić information content (AvgIpc) is 3.47. The van der Waals surface area contributed by atoms with Crippen LogP contribution in [0.3, 0.4) is 0 Å². The number of anilines is 3. The second-order valence-electron chi connectivity index (χ2n) is 10.1. The van der Waals surface area contributed by atoms with Crippen LogP contribution in [0.5, 0.6) is 0 Å². The fourth-order valence-electron chi connectivity index (χ4n) is 4.92. The van der Waals surface area contributed by atoms with Crippen molar-refractivity contribution in [3.05, 3.63) is 71.3 Å². The van der Waals surface area contributed by atoms with Crippen molar-refractivity contribution in [3.63, 3.8) is 0 Å². The number of nitrogens with zero attached hydrogens (tertiary/aromatic N) is 5. The zero-order valence-electron chi connectivity index (χ0n) is 21.0.